The van der Waals surface area contributed by atoms with Gasteiger partial charge in [-0.25, -0.2) is 15.0 Å². The Morgan fingerprint density at radius 3 is 1.67 bits per heavy atom. The highest BCUT2D eigenvalue weighted by atomic mass is 32.2. The normalized spacial score (nSPS) is 22.1. The van der Waals surface area contributed by atoms with Crippen molar-refractivity contribution in [3.05, 3.63) is 163 Å². The molecule has 4 heterocycles. The molecule has 17 rings (SSSR count). The van der Waals surface area contributed by atoms with E-state index in [9.17, 15) is 0 Å². The van der Waals surface area contributed by atoms with E-state index in [0.717, 1.165) is 88.8 Å². The zero-order valence-electron chi connectivity index (χ0n) is 35.8. The molecule has 4 bridgehead atoms. The number of rotatable bonds is 3. The molecule has 0 atom stereocenters. The van der Waals surface area contributed by atoms with Gasteiger partial charge >= 0.3 is 0 Å². The van der Waals surface area contributed by atoms with E-state index in [2.05, 4.69) is 91.0 Å². The predicted octanol–water partition coefficient (Wildman–Crippen LogP) is 15.8. The molecule has 0 N–H and O–H groups in total. The van der Waals surface area contributed by atoms with Crippen LogP contribution < -0.4 is 4.74 Å². The topological polar surface area (TPSA) is 74.2 Å². The summed E-state index contributed by atoms with van der Waals surface area (Å²) in [7, 11) is 0. The number of furan rings is 2. The van der Waals surface area contributed by atoms with Crippen molar-refractivity contribution in [1.82, 2.24) is 15.0 Å². The molecule has 6 aliphatic rings. The van der Waals surface area contributed by atoms with Gasteiger partial charge in [0.1, 0.15) is 28.1 Å². The Morgan fingerprint density at radius 1 is 0.455 bits per heavy atom. The molecule has 1 aliphatic heterocycles. The molecular weight excluding hydrogens is 831 g/mol. The van der Waals surface area contributed by atoms with Crippen LogP contribution in [-0.4, -0.2) is 15.0 Å². The molecule has 8 aromatic carbocycles. The van der Waals surface area contributed by atoms with E-state index in [-0.39, 0.29) is 5.41 Å². The average Bonchev–Trinajstić information content (AvgIpc) is 4.03. The van der Waals surface area contributed by atoms with Crippen molar-refractivity contribution in [3.63, 3.8) is 0 Å². The van der Waals surface area contributed by atoms with Crippen molar-refractivity contribution < 1.29 is 13.6 Å². The molecule has 11 aromatic rings. The molecule has 5 aliphatic carbocycles. The fourth-order valence-corrected chi connectivity index (χ4v) is 15.0. The minimum Gasteiger partial charge on any atom is -0.456 e. The van der Waals surface area contributed by atoms with Crippen LogP contribution in [0.25, 0.3) is 99.9 Å². The van der Waals surface area contributed by atoms with Crippen LogP contribution in [0.5, 0.6) is 11.5 Å². The molecule has 4 saturated carbocycles. The Labute approximate surface area is 383 Å². The van der Waals surface area contributed by atoms with Crippen molar-refractivity contribution in [2.45, 2.75) is 47.3 Å². The SMILES string of the molecule is c1ccc2c(c1)-c1c3c(c4ccccc4c1C21C2CC4CC(C2)CC1C4)Oc1c(cccc1-c1nc(-c2ccc4oc5ccccc5c4c2)nc(-c2ccc4oc5ccccc5c4c2)n1)S3. The molecule has 4 fully saturated rings. The second-order valence-electron chi connectivity index (χ2n) is 19.4. The average molecular weight is 870 g/mol. The van der Waals surface area contributed by atoms with Crippen LogP contribution in [0.2, 0.25) is 0 Å². The summed E-state index contributed by atoms with van der Waals surface area (Å²) >= 11 is 1.85. The summed E-state index contributed by atoms with van der Waals surface area (Å²) in [6.07, 6.45) is 6.81. The third-order valence-electron chi connectivity index (χ3n) is 16.1. The highest BCUT2D eigenvalue weighted by Crippen LogP contribution is 2.72. The molecule has 6 nitrogen and oxygen atoms in total. The molecule has 1 spiro atoms. The van der Waals surface area contributed by atoms with Gasteiger partial charge in [-0.05, 0) is 139 Å². The standard InChI is InChI=1S/C59H39N3O3S/c1-2-13-40-39(12-1)52-51(41-14-3-6-16-45(41)59(52)35-25-31-24-32(27-35)28-36(59)26-31)55-54(40)65-53-42(15-9-19-50(53)66-55)58-61-56(33-20-22-48-43(29-33)37-10-4-7-17-46(37)63-48)60-57(62-58)34-21-23-49-44(30-34)38-11-5-8-18-47(38)64-49/h1-23,29-32,35-36H,24-28H2. The monoisotopic (exact) mass is 869 g/mol. The van der Waals surface area contributed by atoms with Crippen molar-refractivity contribution in [2.24, 2.45) is 23.7 Å². The highest BCUT2D eigenvalue weighted by molar-refractivity contribution is 7.99. The fraction of sp³-hybridized carbons (Fsp3) is 0.169. The lowest BCUT2D eigenvalue weighted by Crippen LogP contribution is -2.55. The third-order valence-corrected chi connectivity index (χ3v) is 17.3. The van der Waals surface area contributed by atoms with Crippen LogP contribution in [-0.2, 0) is 5.41 Å². The smallest absolute Gasteiger partial charge is 0.167 e. The summed E-state index contributed by atoms with van der Waals surface area (Å²) < 4.78 is 19.9. The first-order chi connectivity index (χ1) is 32.6. The molecule has 7 heteroatoms. The second kappa shape index (κ2) is 13.0. The zero-order valence-corrected chi connectivity index (χ0v) is 36.6. The lowest BCUT2D eigenvalue weighted by molar-refractivity contribution is -0.0394. The molecule has 0 amide bonds. The molecule has 314 valence electrons. The first-order valence-corrected chi connectivity index (χ1v) is 24.2. The van der Waals surface area contributed by atoms with Gasteiger partial charge in [-0.1, -0.05) is 103 Å². The molecular formula is C59H39N3O3S. The zero-order chi connectivity index (χ0) is 42.8. The second-order valence-corrected chi connectivity index (χ2v) is 20.5. The summed E-state index contributed by atoms with van der Waals surface area (Å²) in [5, 5.41) is 6.66. The number of hydrogen-bond donors (Lipinski definition) is 0. The van der Waals surface area contributed by atoms with Crippen molar-refractivity contribution in [3.8, 4) is 56.8 Å². The van der Waals surface area contributed by atoms with E-state index >= 15 is 0 Å². The first kappa shape index (κ1) is 36.1. The van der Waals surface area contributed by atoms with Crippen LogP contribution in [0.15, 0.2) is 170 Å². The summed E-state index contributed by atoms with van der Waals surface area (Å²) in [6.45, 7) is 0. The maximum atomic E-state index is 7.45. The van der Waals surface area contributed by atoms with Gasteiger partial charge in [-0.2, -0.15) is 0 Å². The van der Waals surface area contributed by atoms with E-state index in [0.29, 0.717) is 29.3 Å². The maximum Gasteiger partial charge on any atom is 0.167 e. The van der Waals surface area contributed by atoms with Gasteiger partial charge in [0.25, 0.3) is 0 Å². The maximum absolute atomic E-state index is 7.45. The van der Waals surface area contributed by atoms with Gasteiger partial charge in [0.2, 0.25) is 0 Å². The lowest BCUT2D eigenvalue weighted by Gasteiger charge is -2.61. The van der Waals surface area contributed by atoms with Gasteiger partial charge in [0, 0.05) is 49.0 Å². The van der Waals surface area contributed by atoms with Gasteiger partial charge in [0.15, 0.2) is 23.2 Å². The van der Waals surface area contributed by atoms with Crippen LogP contribution in [0.1, 0.15) is 43.2 Å². The van der Waals surface area contributed by atoms with E-state index in [1.165, 1.54) is 58.9 Å². The first-order valence-electron chi connectivity index (χ1n) is 23.4. The van der Waals surface area contributed by atoms with Crippen LogP contribution in [0.3, 0.4) is 0 Å². The molecule has 0 saturated heterocycles. The molecule has 0 radical (unpaired) electrons. The number of para-hydroxylation sites is 3. The Morgan fingerprint density at radius 2 is 1.00 bits per heavy atom. The number of fused-ring (bicyclic) bond motifs is 15. The Hall–Kier alpha value is -7.22. The van der Waals surface area contributed by atoms with Crippen molar-refractivity contribution in [2.75, 3.05) is 0 Å². The van der Waals surface area contributed by atoms with Crippen LogP contribution in [0.4, 0.5) is 0 Å². The van der Waals surface area contributed by atoms with Crippen molar-refractivity contribution in [1.29, 1.82) is 0 Å². The Balaban J connectivity index is 0.900. The summed E-state index contributed by atoms with van der Waals surface area (Å²) in [5.41, 5.74) is 11.9. The minimum atomic E-state index is 0.0336. The van der Waals surface area contributed by atoms with E-state index in [1.54, 1.807) is 11.1 Å². The fourth-order valence-electron chi connectivity index (χ4n) is 13.8. The number of ether oxygens (including phenoxy) is 1. The van der Waals surface area contributed by atoms with Crippen molar-refractivity contribution >= 4 is 66.4 Å². The third kappa shape index (κ3) is 4.75. The summed E-state index contributed by atoms with van der Waals surface area (Å²) in [5.74, 6) is 6.47. The van der Waals surface area contributed by atoms with E-state index < -0.39 is 0 Å². The molecule has 66 heavy (non-hydrogen) atoms. The molecule has 0 unspecified atom stereocenters. The number of aromatic nitrogens is 3. The largest absolute Gasteiger partial charge is 0.456 e. The number of benzene rings is 8. The van der Waals surface area contributed by atoms with E-state index in [1.807, 2.05) is 72.4 Å². The summed E-state index contributed by atoms with van der Waals surface area (Å²) in [4.78, 5) is 18.2. The quantitative estimate of drug-likeness (QED) is 0.175. The van der Waals surface area contributed by atoms with E-state index in [4.69, 9.17) is 28.5 Å². The Bertz CT molecular complexity index is 3780. The van der Waals surface area contributed by atoms with Gasteiger partial charge in [0.05, 0.1) is 15.4 Å². The summed E-state index contributed by atoms with van der Waals surface area (Å²) in [6, 6.07) is 53.7. The van der Waals surface area contributed by atoms with Gasteiger partial charge in [-0.15, -0.1) is 0 Å². The van der Waals surface area contributed by atoms with Gasteiger partial charge < -0.3 is 13.6 Å². The molecule has 3 aromatic heterocycles. The Kier molecular flexibility index (Phi) is 7.09. The number of nitrogens with zero attached hydrogens (tertiary/aromatic N) is 3. The van der Waals surface area contributed by atoms with Crippen LogP contribution in [0, 0.1) is 23.7 Å². The number of hydrogen-bond acceptors (Lipinski definition) is 7. The predicted molar refractivity (Wildman–Crippen MR) is 262 cm³/mol. The van der Waals surface area contributed by atoms with Gasteiger partial charge in [-0.3, -0.25) is 0 Å². The van der Waals surface area contributed by atoms with Crippen LogP contribution >= 0.6 is 11.8 Å². The highest BCUT2D eigenvalue weighted by Gasteiger charge is 2.62. The minimum absolute atomic E-state index is 0.0336. The lowest BCUT2D eigenvalue weighted by atomic mass is 9.43.